The summed E-state index contributed by atoms with van der Waals surface area (Å²) in [7, 11) is 1.98. The van der Waals surface area contributed by atoms with E-state index >= 15 is 0 Å². The van der Waals surface area contributed by atoms with E-state index in [-0.39, 0.29) is 0 Å². The van der Waals surface area contributed by atoms with E-state index in [9.17, 15) is 0 Å². The standard InChI is InChI=1S/C14H14N4O/c1-18(8-14-16-7-6-13(15)17-14)11-9-19-12-5-3-2-4-10(11)12/h2-7,9H,8H2,1H3,(H2,15,16,17). The van der Waals surface area contributed by atoms with Gasteiger partial charge in [-0.25, -0.2) is 9.97 Å². The molecule has 2 aromatic heterocycles. The number of hydrogen-bond acceptors (Lipinski definition) is 5. The number of rotatable bonds is 3. The first-order valence-electron chi connectivity index (χ1n) is 5.99. The zero-order valence-corrected chi connectivity index (χ0v) is 10.6. The summed E-state index contributed by atoms with van der Waals surface area (Å²) in [5, 5.41) is 1.08. The SMILES string of the molecule is CN(Cc1nccc(N)n1)c1coc2ccccc12. The second-order valence-electron chi connectivity index (χ2n) is 4.37. The van der Waals surface area contributed by atoms with Crippen LogP contribution in [0.15, 0.2) is 47.2 Å². The number of nitrogens with zero attached hydrogens (tertiary/aromatic N) is 3. The molecule has 0 bridgehead atoms. The van der Waals surface area contributed by atoms with E-state index in [1.165, 1.54) is 0 Å². The number of nitrogens with two attached hydrogens (primary N) is 1. The summed E-state index contributed by atoms with van der Waals surface area (Å²) in [6.07, 6.45) is 3.41. The molecular weight excluding hydrogens is 240 g/mol. The van der Waals surface area contributed by atoms with Crippen molar-refractivity contribution in [2.45, 2.75) is 6.54 Å². The number of aromatic nitrogens is 2. The van der Waals surface area contributed by atoms with Gasteiger partial charge in [0, 0.05) is 18.6 Å². The predicted octanol–water partition coefficient (Wildman–Crippen LogP) is 2.44. The molecule has 0 aliphatic heterocycles. The number of hydrogen-bond donors (Lipinski definition) is 1. The Kier molecular flexibility index (Phi) is 2.79. The lowest BCUT2D eigenvalue weighted by Crippen LogP contribution is -2.18. The van der Waals surface area contributed by atoms with Crippen molar-refractivity contribution in [3.63, 3.8) is 0 Å². The normalized spacial score (nSPS) is 10.8. The number of benzene rings is 1. The summed E-state index contributed by atoms with van der Waals surface area (Å²) in [5.41, 5.74) is 7.54. The van der Waals surface area contributed by atoms with Crippen molar-refractivity contribution in [3.05, 3.63) is 48.6 Å². The lowest BCUT2D eigenvalue weighted by atomic mass is 10.2. The van der Waals surface area contributed by atoms with Crippen LogP contribution in [0.3, 0.4) is 0 Å². The topological polar surface area (TPSA) is 68.2 Å². The van der Waals surface area contributed by atoms with E-state index in [0.29, 0.717) is 18.2 Å². The van der Waals surface area contributed by atoms with Gasteiger partial charge in [-0.3, -0.25) is 0 Å². The Morgan fingerprint density at radius 1 is 1.26 bits per heavy atom. The second-order valence-corrected chi connectivity index (χ2v) is 4.37. The van der Waals surface area contributed by atoms with Gasteiger partial charge in [0.1, 0.15) is 23.5 Å². The van der Waals surface area contributed by atoms with Crippen LogP contribution in [0.4, 0.5) is 11.5 Å². The lowest BCUT2D eigenvalue weighted by molar-refractivity contribution is 0.614. The van der Waals surface area contributed by atoms with Crippen molar-refractivity contribution < 1.29 is 4.42 Å². The van der Waals surface area contributed by atoms with Crippen LogP contribution in [-0.4, -0.2) is 17.0 Å². The Morgan fingerprint density at radius 3 is 2.95 bits per heavy atom. The summed E-state index contributed by atoms with van der Waals surface area (Å²) in [6, 6.07) is 9.61. The van der Waals surface area contributed by atoms with Gasteiger partial charge in [0.25, 0.3) is 0 Å². The van der Waals surface area contributed by atoms with Crippen LogP contribution in [-0.2, 0) is 6.54 Å². The van der Waals surface area contributed by atoms with E-state index in [1.807, 2.05) is 36.2 Å². The van der Waals surface area contributed by atoms with Crippen molar-refractivity contribution in [1.82, 2.24) is 9.97 Å². The molecule has 0 fully saturated rings. The first-order chi connectivity index (χ1) is 9.24. The molecule has 0 amide bonds. The summed E-state index contributed by atoms with van der Waals surface area (Å²) >= 11 is 0. The largest absolute Gasteiger partial charge is 0.462 e. The van der Waals surface area contributed by atoms with Crippen molar-refractivity contribution in [3.8, 4) is 0 Å². The molecular formula is C14H14N4O. The fourth-order valence-electron chi connectivity index (χ4n) is 2.05. The van der Waals surface area contributed by atoms with Gasteiger partial charge in [0.15, 0.2) is 0 Å². The minimum absolute atomic E-state index is 0.482. The number of nitrogen functional groups attached to an aromatic ring is 1. The van der Waals surface area contributed by atoms with Crippen LogP contribution in [0.25, 0.3) is 11.0 Å². The van der Waals surface area contributed by atoms with Crippen LogP contribution in [0.2, 0.25) is 0 Å². The van der Waals surface area contributed by atoms with Crippen LogP contribution in [0.1, 0.15) is 5.82 Å². The van der Waals surface area contributed by atoms with Crippen molar-refractivity contribution in [1.29, 1.82) is 0 Å². The molecule has 0 aliphatic carbocycles. The Morgan fingerprint density at radius 2 is 2.11 bits per heavy atom. The highest BCUT2D eigenvalue weighted by molar-refractivity contribution is 5.90. The summed E-state index contributed by atoms with van der Waals surface area (Å²) < 4.78 is 5.52. The smallest absolute Gasteiger partial charge is 0.149 e. The molecule has 0 unspecified atom stereocenters. The van der Waals surface area contributed by atoms with Gasteiger partial charge < -0.3 is 15.1 Å². The molecule has 96 valence electrons. The first kappa shape index (κ1) is 11.5. The Balaban J connectivity index is 1.90. The van der Waals surface area contributed by atoms with Crippen molar-refractivity contribution in [2.24, 2.45) is 0 Å². The maximum Gasteiger partial charge on any atom is 0.149 e. The van der Waals surface area contributed by atoms with E-state index in [1.54, 1.807) is 18.5 Å². The number of para-hydroxylation sites is 1. The van der Waals surface area contributed by atoms with Crippen LogP contribution in [0, 0.1) is 0 Å². The molecule has 0 saturated carbocycles. The van der Waals surface area contributed by atoms with Gasteiger partial charge in [-0.05, 0) is 18.2 Å². The number of anilines is 2. The molecule has 0 radical (unpaired) electrons. The van der Waals surface area contributed by atoms with Gasteiger partial charge in [-0.15, -0.1) is 0 Å². The summed E-state index contributed by atoms with van der Waals surface area (Å²) in [5.74, 6) is 1.17. The third kappa shape index (κ3) is 2.22. The van der Waals surface area contributed by atoms with Gasteiger partial charge in [-0.2, -0.15) is 0 Å². The minimum atomic E-state index is 0.482. The second kappa shape index (κ2) is 4.61. The molecule has 19 heavy (non-hydrogen) atoms. The molecule has 0 saturated heterocycles. The molecule has 2 N–H and O–H groups in total. The van der Waals surface area contributed by atoms with E-state index < -0.39 is 0 Å². The van der Waals surface area contributed by atoms with Gasteiger partial charge in [0.05, 0.1) is 12.2 Å². The summed E-state index contributed by atoms with van der Waals surface area (Å²) in [6.45, 7) is 0.578. The lowest BCUT2D eigenvalue weighted by Gasteiger charge is -2.16. The zero-order valence-electron chi connectivity index (χ0n) is 10.6. The van der Waals surface area contributed by atoms with Gasteiger partial charge >= 0.3 is 0 Å². The molecule has 3 rings (SSSR count). The molecule has 5 nitrogen and oxygen atoms in total. The van der Waals surface area contributed by atoms with E-state index in [2.05, 4.69) is 9.97 Å². The average molecular weight is 254 g/mol. The maximum absolute atomic E-state index is 5.66. The molecule has 2 heterocycles. The molecule has 0 atom stereocenters. The zero-order chi connectivity index (χ0) is 13.2. The van der Waals surface area contributed by atoms with Crippen molar-refractivity contribution >= 4 is 22.5 Å². The van der Waals surface area contributed by atoms with Crippen LogP contribution in [0.5, 0.6) is 0 Å². The van der Waals surface area contributed by atoms with E-state index in [0.717, 1.165) is 16.7 Å². The Bertz CT molecular complexity index is 707. The van der Waals surface area contributed by atoms with Crippen LogP contribution < -0.4 is 10.6 Å². The molecule has 5 heteroatoms. The fourth-order valence-corrected chi connectivity index (χ4v) is 2.05. The van der Waals surface area contributed by atoms with Crippen LogP contribution >= 0.6 is 0 Å². The fraction of sp³-hybridized carbons (Fsp3) is 0.143. The Labute approximate surface area is 110 Å². The first-order valence-corrected chi connectivity index (χ1v) is 5.99. The quantitative estimate of drug-likeness (QED) is 0.777. The Hall–Kier alpha value is -2.56. The summed E-state index contributed by atoms with van der Waals surface area (Å²) in [4.78, 5) is 10.4. The third-order valence-corrected chi connectivity index (χ3v) is 2.98. The highest BCUT2D eigenvalue weighted by atomic mass is 16.3. The predicted molar refractivity (Wildman–Crippen MR) is 74.8 cm³/mol. The van der Waals surface area contributed by atoms with E-state index in [4.69, 9.17) is 10.2 Å². The maximum atomic E-state index is 5.66. The van der Waals surface area contributed by atoms with Gasteiger partial charge in [-0.1, -0.05) is 12.1 Å². The highest BCUT2D eigenvalue weighted by Gasteiger charge is 2.11. The number of furan rings is 1. The van der Waals surface area contributed by atoms with Crippen molar-refractivity contribution in [2.75, 3.05) is 17.7 Å². The average Bonchev–Trinajstić information content (AvgIpc) is 2.82. The van der Waals surface area contributed by atoms with Gasteiger partial charge in [0.2, 0.25) is 0 Å². The highest BCUT2D eigenvalue weighted by Crippen LogP contribution is 2.28. The monoisotopic (exact) mass is 254 g/mol. The molecule has 0 aliphatic rings. The molecule has 3 aromatic rings. The molecule has 0 spiro atoms. The third-order valence-electron chi connectivity index (χ3n) is 2.98. The number of fused-ring (bicyclic) bond motifs is 1. The minimum Gasteiger partial charge on any atom is -0.462 e. The molecule has 1 aromatic carbocycles.